The Morgan fingerprint density at radius 1 is 1.18 bits per heavy atom. The van der Waals surface area contributed by atoms with Gasteiger partial charge in [-0.3, -0.25) is 4.79 Å². The fraction of sp³-hybridized carbons (Fsp3) is 0.407. The fourth-order valence-electron chi connectivity index (χ4n) is 3.69. The summed E-state index contributed by atoms with van der Waals surface area (Å²) in [5.74, 6) is 5.88. The Morgan fingerprint density at radius 3 is 2.50 bits per heavy atom. The van der Waals surface area contributed by atoms with Crippen LogP contribution in [0.3, 0.4) is 0 Å². The summed E-state index contributed by atoms with van der Waals surface area (Å²) >= 11 is 6.17. The zero-order valence-electron chi connectivity index (χ0n) is 20.6. The molecule has 3 N–H and O–H groups in total. The van der Waals surface area contributed by atoms with Crippen molar-refractivity contribution in [2.45, 2.75) is 60.2 Å². The minimum Gasteiger partial charge on any atom is -0.435 e. The van der Waals surface area contributed by atoms with Crippen LogP contribution in [0.1, 0.15) is 51.7 Å². The smallest absolute Gasteiger partial charge is 0.313 e. The van der Waals surface area contributed by atoms with Gasteiger partial charge in [0.05, 0.1) is 17.5 Å². The molecule has 0 fully saturated rings. The van der Waals surface area contributed by atoms with Gasteiger partial charge in [-0.2, -0.15) is 0 Å². The van der Waals surface area contributed by atoms with Crippen molar-refractivity contribution in [2.24, 2.45) is 11.3 Å². The van der Waals surface area contributed by atoms with Gasteiger partial charge in [0.1, 0.15) is 5.82 Å². The maximum absolute atomic E-state index is 12.7. The van der Waals surface area contributed by atoms with Gasteiger partial charge in [0.15, 0.2) is 0 Å². The molecule has 1 heterocycles. The molecule has 2 aromatic carbocycles. The number of aromatic nitrogens is 1. The lowest BCUT2D eigenvalue weighted by molar-refractivity contribution is -0.187. The monoisotopic (exact) mass is 483 g/mol. The van der Waals surface area contributed by atoms with Crippen LogP contribution in [0.5, 0.6) is 0 Å². The Morgan fingerprint density at radius 2 is 1.88 bits per heavy atom. The van der Waals surface area contributed by atoms with Crippen molar-refractivity contribution < 1.29 is 14.3 Å². The van der Waals surface area contributed by atoms with Crippen molar-refractivity contribution in [2.75, 3.05) is 12.0 Å². The van der Waals surface area contributed by atoms with E-state index < -0.39 is 11.7 Å². The standard InChI is InChI=1S/C27H34ClN3O3/c1-6-7-14-33-24(34-26(32)27(3,4)5)16-21-17(2)15-22-20(12-13-23(30-22)31-29)25(21)18-8-10-19(28)11-9-18/h8-13,15,24H,6-7,14,16,29H2,1-5H3,(H,30,31). The Labute approximate surface area is 206 Å². The number of hydrazine groups is 1. The maximum Gasteiger partial charge on any atom is 0.313 e. The van der Waals surface area contributed by atoms with Crippen molar-refractivity contribution in [3.63, 3.8) is 0 Å². The van der Waals surface area contributed by atoms with Gasteiger partial charge in [-0.25, -0.2) is 10.8 Å². The molecule has 0 saturated heterocycles. The molecule has 0 spiro atoms. The van der Waals surface area contributed by atoms with E-state index in [1.165, 1.54) is 0 Å². The zero-order valence-corrected chi connectivity index (χ0v) is 21.3. The van der Waals surface area contributed by atoms with E-state index in [9.17, 15) is 4.79 Å². The van der Waals surface area contributed by atoms with Gasteiger partial charge < -0.3 is 14.9 Å². The van der Waals surface area contributed by atoms with Crippen LogP contribution < -0.4 is 11.3 Å². The molecular weight excluding hydrogens is 450 g/mol. The molecule has 1 atom stereocenters. The summed E-state index contributed by atoms with van der Waals surface area (Å²) in [6.07, 6.45) is 1.61. The van der Waals surface area contributed by atoms with E-state index in [1.807, 2.05) is 70.2 Å². The van der Waals surface area contributed by atoms with Crippen LogP contribution in [0, 0.1) is 12.3 Å². The molecule has 0 saturated carbocycles. The summed E-state index contributed by atoms with van der Waals surface area (Å²) < 4.78 is 11.9. The van der Waals surface area contributed by atoms with E-state index in [-0.39, 0.29) is 5.97 Å². The van der Waals surface area contributed by atoms with Crippen LogP contribution in [0.2, 0.25) is 5.02 Å². The number of nitrogens with zero attached hydrogens (tertiary/aromatic N) is 1. The first-order valence-electron chi connectivity index (χ1n) is 11.6. The quantitative estimate of drug-likeness (QED) is 0.120. The highest BCUT2D eigenvalue weighted by Crippen LogP contribution is 2.36. The molecule has 1 unspecified atom stereocenters. The second-order valence-electron chi connectivity index (χ2n) is 9.47. The molecule has 34 heavy (non-hydrogen) atoms. The molecule has 182 valence electrons. The minimum absolute atomic E-state index is 0.291. The lowest BCUT2D eigenvalue weighted by Crippen LogP contribution is -2.31. The molecule has 6 nitrogen and oxygen atoms in total. The van der Waals surface area contributed by atoms with Crippen molar-refractivity contribution in [1.82, 2.24) is 4.98 Å². The average molecular weight is 484 g/mol. The third-order valence-electron chi connectivity index (χ3n) is 5.63. The number of anilines is 1. The topological polar surface area (TPSA) is 86.5 Å². The largest absolute Gasteiger partial charge is 0.435 e. The van der Waals surface area contributed by atoms with Crippen molar-refractivity contribution in [3.8, 4) is 11.1 Å². The van der Waals surface area contributed by atoms with Crippen molar-refractivity contribution in [3.05, 3.63) is 58.6 Å². The number of carbonyl (C=O) groups excluding carboxylic acids is 1. The van der Waals surface area contributed by atoms with Gasteiger partial charge in [-0.05, 0) is 86.7 Å². The predicted molar refractivity (Wildman–Crippen MR) is 139 cm³/mol. The Balaban J connectivity index is 2.12. The number of halogens is 1. The normalized spacial score (nSPS) is 12.6. The molecular formula is C27H34ClN3O3. The number of aryl methyl sites for hydroxylation is 1. The second-order valence-corrected chi connectivity index (χ2v) is 9.91. The third kappa shape index (κ3) is 6.26. The fourth-order valence-corrected chi connectivity index (χ4v) is 3.82. The molecule has 0 aliphatic rings. The van der Waals surface area contributed by atoms with E-state index in [0.29, 0.717) is 23.9 Å². The van der Waals surface area contributed by atoms with Crippen LogP contribution in [-0.2, 0) is 20.7 Å². The van der Waals surface area contributed by atoms with Crippen molar-refractivity contribution in [1.29, 1.82) is 0 Å². The van der Waals surface area contributed by atoms with Crippen molar-refractivity contribution >= 4 is 34.3 Å². The van der Waals surface area contributed by atoms with Crippen LogP contribution >= 0.6 is 11.6 Å². The summed E-state index contributed by atoms with van der Waals surface area (Å²) in [5, 5.41) is 1.63. The molecule has 3 aromatic rings. The highest BCUT2D eigenvalue weighted by Gasteiger charge is 2.28. The number of fused-ring (bicyclic) bond motifs is 1. The number of benzene rings is 2. The summed E-state index contributed by atoms with van der Waals surface area (Å²) in [4.78, 5) is 17.4. The number of esters is 1. The lowest BCUT2D eigenvalue weighted by atomic mass is 9.90. The first-order valence-corrected chi connectivity index (χ1v) is 12.0. The SMILES string of the molecule is CCCCOC(Cc1c(C)cc2nc(NN)ccc2c1-c1ccc(Cl)cc1)OC(=O)C(C)(C)C. The number of rotatable bonds is 9. The predicted octanol–water partition coefficient (Wildman–Crippen LogP) is 6.42. The molecule has 3 rings (SSSR count). The summed E-state index contributed by atoms with van der Waals surface area (Å²) in [7, 11) is 0. The number of ether oxygens (including phenoxy) is 2. The molecule has 0 bridgehead atoms. The minimum atomic E-state index is -0.696. The van der Waals surface area contributed by atoms with Gasteiger partial charge in [-0.1, -0.05) is 37.1 Å². The van der Waals surface area contributed by atoms with E-state index in [2.05, 4.69) is 17.3 Å². The molecule has 0 aliphatic heterocycles. The van der Waals surface area contributed by atoms with Crippen LogP contribution in [0.4, 0.5) is 5.82 Å². The van der Waals surface area contributed by atoms with Gasteiger partial charge in [0.2, 0.25) is 6.29 Å². The van der Waals surface area contributed by atoms with E-state index in [4.69, 9.17) is 26.9 Å². The first kappa shape index (κ1) is 25.9. The molecule has 0 aliphatic carbocycles. The van der Waals surface area contributed by atoms with Crippen LogP contribution in [0.25, 0.3) is 22.0 Å². The van der Waals surface area contributed by atoms with Crippen LogP contribution in [-0.4, -0.2) is 23.9 Å². The van der Waals surface area contributed by atoms with E-state index in [1.54, 1.807) is 0 Å². The zero-order chi connectivity index (χ0) is 24.9. The first-order chi connectivity index (χ1) is 16.1. The Bertz CT molecular complexity index is 1140. The second kappa shape index (κ2) is 11.2. The molecule has 0 radical (unpaired) electrons. The number of hydrogen-bond donors (Lipinski definition) is 2. The number of hydrogen-bond acceptors (Lipinski definition) is 6. The average Bonchev–Trinajstić information content (AvgIpc) is 2.79. The highest BCUT2D eigenvalue weighted by atomic mass is 35.5. The number of carbonyl (C=O) groups is 1. The lowest BCUT2D eigenvalue weighted by Gasteiger charge is -2.25. The Kier molecular flexibility index (Phi) is 8.52. The highest BCUT2D eigenvalue weighted by molar-refractivity contribution is 6.30. The van der Waals surface area contributed by atoms with E-state index in [0.717, 1.165) is 46.0 Å². The number of nitrogen functional groups attached to an aromatic ring is 1. The van der Waals surface area contributed by atoms with Gasteiger partial charge in [-0.15, -0.1) is 0 Å². The van der Waals surface area contributed by atoms with Gasteiger partial charge in [0, 0.05) is 16.8 Å². The van der Waals surface area contributed by atoms with Crippen LogP contribution in [0.15, 0.2) is 42.5 Å². The van der Waals surface area contributed by atoms with Gasteiger partial charge in [0.25, 0.3) is 0 Å². The molecule has 0 amide bonds. The number of nitrogens with two attached hydrogens (primary N) is 1. The number of nitrogens with one attached hydrogen (secondary N) is 1. The third-order valence-corrected chi connectivity index (χ3v) is 5.88. The number of pyridine rings is 1. The molecule has 1 aromatic heterocycles. The summed E-state index contributed by atoms with van der Waals surface area (Å²) in [6.45, 7) is 10.2. The Hall–Kier alpha value is -2.67. The van der Waals surface area contributed by atoms with E-state index >= 15 is 0 Å². The number of unbranched alkanes of at least 4 members (excludes halogenated alkanes) is 1. The molecule has 7 heteroatoms. The maximum atomic E-state index is 12.7. The summed E-state index contributed by atoms with van der Waals surface area (Å²) in [5.41, 5.74) is 6.87. The summed E-state index contributed by atoms with van der Waals surface area (Å²) in [6, 6.07) is 13.6. The van der Waals surface area contributed by atoms with Gasteiger partial charge >= 0.3 is 5.97 Å².